The number of Topliss-reactive ketones (excluding diaryl/α,β-unsaturated/α-hetero) is 1. The van der Waals surface area contributed by atoms with Gasteiger partial charge in [-0.25, -0.2) is 9.97 Å². The highest BCUT2D eigenvalue weighted by Gasteiger charge is 2.26. The van der Waals surface area contributed by atoms with Gasteiger partial charge < -0.3 is 4.74 Å². The van der Waals surface area contributed by atoms with Crippen molar-refractivity contribution in [3.05, 3.63) is 18.0 Å². The Balaban J connectivity index is 1.98. The van der Waals surface area contributed by atoms with Crippen LogP contribution in [0.3, 0.4) is 0 Å². The number of carbonyl (C=O) groups excluding carboxylic acids is 1. The van der Waals surface area contributed by atoms with E-state index in [9.17, 15) is 4.79 Å². The van der Waals surface area contributed by atoms with Crippen molar-refractivity contribution in [2.45, 2.75) is 39.0 Å². The minimum atomic E-state index is 0.157. The van der Waals surface area contributed by atoms with Crippen LogP contribution >= 0.6 is 0 Å². The Kier molecular flexibility index (Phi) is 4.28. The number of carbonyl (C=O) groups is 1. The maximum Gasteiger partial charge on any atom is 0.316 e. The largest absolute Gasteiger partial charge is 0.467 e. The van der Waals surface area contributed by atoms with Crippen LogP contribution in [0.5, 0.6) is 6.01 Å². The van der Waals surface area contributed by atoms with Gasteiger partial charge in [-0.1, -0.05) is 13.3 Å². The van der Waals surface area contributed by atoms with Crippen molar-refractivity contribution < 1.29 is 9.53 Å². The molecule has 1 heterocycles. The molecule has 0 aliphatic heterocycles. The van der Waals surface area contributed by atoms with Crippen LogP contribution in [0, 0.1) is 11.8 Å². The van der Waals surface area contributed by atoms with Crippen molar-refractivity contribution in [2.75, 3.05) is 7.11 Å². The third-order valence-electron chi connectivity index (χ3n) is 3.89. The first-order valence-electron chi connectivity index (χ1n) is 6.64. The van der Waals surface area contributed by atoms with Crippen LogP contribution in [0.1, 0.15) is 49.4 Å². The average molecular weight is 248 g/mol. The van der Waals surface area contributed by atoms with E-state index in [-0.39, 0.29) is 11.7 Å². The molecule has 0 spiro atoms. The van der Waals surface area contributed by atoms with Gasteiger partial charge in [0.2, 0.25) is 0 Å². The summed E-state index contributed by atoms with van der Waals surface area (Å²) in [7, 11) is 1.52. The van der Waals surface area contributed by atoms with Gasteiger partial charge in [-0.15, -0.1) is 0 Å². The lowest BCUT2D eigenvalue weighted by atomic mass is 9.78. The van der Waals surface area contributed by atoms with Crippen LogP contribution in [0.15, 0.2) is 12.4 Å². The molecular weight excluding hydrogens is 228 g/mol. The number of methoxy groups -OCH3 is 1. The molecule has 0 aromatic carbocycles. The number of aromatic nitrogens is 2. The van der Waals surface area contributed by atoms with Crippen LogP contribution in [0.25, 0.3) is 0 Å². The van der Waals surface area contributed by atoms with Gasteiger partial charge in [0.15, 0.2) is 5.78 Å². The molecule has 1 fully saturated rings. The lowest BCUT2D eigenvalue weighted by molar-refractivity contribution is 0.0870. The second kappa shape index (κ2) is 5.94. The first-order valence-corrected chi connectivity index (χ1v) is 6.64. The van der Waals surface area contributed by atoms with E-state index in [0.717, 1.165) is 18.8 Å². The minimum absolute atomic E-state index is 0.157. The van der Waals surface area contributed by atoms with Gasteiger partial charge in [0.25, 0.3) is 0 Å². The summed E-state index contributed by atoms with van der Waals surface area (Å²) in [5.74, 6) is 1.15. The summed E-state index contributed by atoms with van der Waals surface area (Å²) in [6.45, 7) is 2.23. The maximum absolute atomic E-state index is 12.3. The van der Waals surface area contributed by atoms with E-state index >= 15 is 0 Å². The Bertz CT molecular complexity index is 395. The van der Waals surface area contributed by atoms with Gasteiger partial charge in [-0.3, -0.25) is 4.79 Å². The Morgan fingerprint density at radius 2 is 1.89 bits per heavy atom. The molecule has 0 atom stereocenters. The fraction of sp³-hybridized carbons (Fsp3) is 0.643. The molecule has 1 saturated carbocycles. The smallest absolute Gasteiger partial charge is 0.316 e. The molecule has 0 amide bonds. The summed E-state index contributed by atoms with van der Waals surface area (Å²) in [6, 6.07) is 0.307. The van der Waals surface area contributed by atoms with E-state index in [4.69, 9.17) is 4.74 Å². The summed E-state index contributed by atoms with van der Waals surface area (Å²) in [4.78, 5) is 20.3. The van der Waals surface area contributed by atoms with Crippen molar-refractivity contribution in [3.63, 3.8) is 0 Å². The Labute approximate surface area is 108 Å². The summed E-state index contributed by atoms with van der Waals surface area (Å²) in [6.07, 6.45) is 8.72. The monoisotopic (exact) mass is 248 g/mol. The minimum Gasteiger partial charge on any atom is -0.467 e. The standard InChI is InChI=1S/C14H20N2O2/c1-3-10-4-6-11(7-5-10)13(17)12-8-15-14(18-2)16-9-12/h8-11H,3-7H2,1-2H3. The molecule has 1 aromatic rings. The van der Waals surface area contributed by atoms with E-state index in [0.29, 0.717) is 11.6 Å². The zero-order valence-corrected chi connectivity index (χ0v) is 11.1. The predicted molar refractivity (Wildman–Crippen MR) is 68.7 cm³/mol. The zero-order chi connectivity index (χ0) is 13.0. The normalized spacial score (nSPS) is 23.7. The molecule has 0 radical (unpaired) electrons. The van der Waals surface area contributed by atoms with Crippen molar-refractivity contribution in [2.24, 2.45) is 11.8 Å². The highest BCUT2D eigenvalue weighted by molar-refractivity contribution is 5.97. The third-order valence-corrected chi connectivity index (χ3v) is 3.89. The quantitative estimate of drug-likeness (QED) is 0.769. The van der Waals surface area contributed by atoms with Gasteiger partial charge in [-0.2, -0.15) is 0 Å². The lowest BCUT2D eigenvalue weighted by Crippen LogP contribution is -2.22. The van der Waals surface area contributed by atoms with Crippen LogP contribution < -0.4 is 4.74 Å². The van der Waals surface area contributed by atoms with E-state index in [2.05, 4.69) is 16.9 Å². The van der Waals surface area contributed by atoms with Crippen LogP contribution in [0.4, 0.5) is 0 Å². The summed E-state index contributed by atoms with van der Waals surface area (Å²) >= 11 is 0. The molecule has 98 valence electrons. The molecule has 0 N–H and O–H groups in total. The number of hydrogen-bond donors (Lipinski definition) is 0. The molecule has 18 heavy (non-hydrogen) atoms. The van der Waals surface area contributed by atoms with Gasteiger partial charge in [0.1, 0.15) is 0 Å². The predicted octanol–water partition coefficient (Wildman–Crippen LogP) is 2.88. The number of rotatable bonds is 4. The highest BCUT2D eigenvalue weighted by atomic mass is 16.5. The molecule has 4 heteroatoms. The summed E-state index contributed by atoms with van der Waals surface area (Å²) in [5, 5.41) is 0. The summed E-state index contributed by atoms with van der Waals surface area (Å²) < 4.78 is 4.89. The first kappa shape index (κ1) is 13.0. The fourth-order valence-electron chi connectivity index (χ4n) is 2.62. The zero-order valence-electron chi connectivity index (χ0n) is 11.1. The number of hydrogen-bond acceptors (Lipinski definition) is 4. The molecule has 0 bridgehead atoms. The van der Waals surface area contributed by atoms with Crippen LogP contribution in [-0.2, 0) is 0 Å². The molecule has 0 unspecified atom stereocenters. The van der Waals surface area contributed by atoms with Gasteiger partial charge in [-0.05, 0) is 31.6 Å². The van der Waals surface area contributed by atoms with Crippen molar-refractivity contribution in [1.82, 2.24) is 9.97 Å². The fourth-order valence-corrected chi connectivity index (χ4v) is 2.62. The van der Waals surface area contributed by atoms with Gasteiger partial charge in [0, 0.05) is 18.3 Å². The second-order valence-corrected chi connectivity index (χ2v) is 4.95. The molecular formula is C14H20N2O2. The SMILES string of the molecule is CCC1CCC(C(=O)c2cnc(OC)nc2)CC1. The highest BCUT2D eigenvalue weighted by Crippen LogP contribution is 2.32. The Morgan fingerprint density at radius 1 is 1.28 bits per heavy atom. The van der Waals surface area contributed by atoms with Crippen LogP contribution in [0.2, 0.25) is 0 Å². The molecule has 1 aliphatic rings. The van der Waals surface area contributed by atoms with Crippen molar-refractivity contribution in [3.8, 4) is 6.01 Å². The molecule has 1 aromatic heterocycles. The molecule has 2 rings (SSSR count). The van der Waals surface area contributed by atoms with E-state index < -0.39 is 0 Å². The first-order chi connectivity index (χ1) is 8.74. The number of nitrogens with zero attached hydrogens (tertiary/aromatic N) is 2. The lowest BCUT2D eigenvalue weighted by Gasteiger charge is -2.26. The number of ether oxygens (including phenoxy) is 1. The second-order valence-electron chi connectivity index (χ2n) is 4.95. The van der Waals surface area contributed by atoms with Gasteiger partial charge >= 0.3 is 6.01 Å². The topological polar surface area (TPSA) is 52.1 Å². The Hall–Kier alpha value is -1.45. The van der Waals surface area contributed by atoms with E-state index in [1.807, 2.05) is 0 Å². The van der Waals surface area contributed by atoms with Crippen LogP contribution in [-0.4, -0.2) is 22.9 Å². The maximum atomic E-state index is 12.3. The molecule has 0 saturated heterocycles. The van der Waals surface area contributed by atoms with Crippen molar-refractivity contribution >= 4 is 5.78 Å². The van der Waals surface area contributed by atoms with Crippen molar-refractivity contribution in [1.29, 1.82) is 0 Å². The Morgan fingerprint density at radius 3 is 2.39 bits per heavy atom. The van der Waals surface area contributed by atoms with E-state index in [1.54, 1.807) is 12.4 Å². The molecule has 4 nitrogen and oxygen atoms in total. The number of ketones is 1. The third kappa shape index (κ3) is 2.86. The average Bonchev–Trinajstić information content (AvgIpc) is 2.47. The molecule has 1 aliphatic carbocycles. The summed E-state index contributed by atoms with van der Waals surface area (Å²) in [5.41, 5.74) is 0.607. The van der Waals surface area contributed by atoms with E-state index in [1.165, 1.54) is 26.4 Å². The van der Waals surface area contributed by atoms with Gasteiger partial charge in [0.05, 0.1) is 12.7 Å².